The highest BCUT2D eigenvalue weighted by atomic mass is 16.6. The maximum absolute atomic E-state index is 9.82. The summed E-state index contributed by atoms with van der Waals surface area (Å²) < 4.78 is 11.6. The first kappa shape index (κ1) is 10.4. The molecule has 2 rings (SSSR count). The second-order valence-corrected chi connectivity index (χ2v) is 4.32. The van der Waals surface area contributed by atoms with Gasteiger partial charge in [-0.1, -0.05) is 6.92 Å². The van der Waals surface area contributed by atoms with Crippen molar-refractivity contribution >= 4 is 0 Å². The maximum Gasteiger partial charge on any atom is 0.0842 e. The van der Waals surface area contributed by atoms with Crippen molar-refractivity contribution in [2.45, 2.75) is 63.4 Å². The molecule has 2 heterocycles. The minimum atomic E-state index is -0.297. The topological polar surface area (TPSA) is 38.7 Å². The highest BCUT2D eigenvalue weighted by Gasteiger charge is 2.34. The van der Waals surface area contributed by atoms with Crippen LogP contribution in [0, 0.1) is 0 Å². The molecule has 3 heteroatoms. The van der Waals surface area contributed by atoms with Gasteiger partial charge < -0.3 is 14.6 Å². The van der Waals surface area contributed by atoms with Crippen LogP contribution in [0.5, 0.6) is 0 Å². The number of hydrogen-bond donors (Lipinski definition) is 1. The number of aliphatic hydroxyl groups excluding tert-OH is 1. The summed E-state index contributed by atoms with van der Waals surface area (Å²) in [5, 5.41) is 9.82. The van der Waals surface area contributed by atoms with E-state index in [9.17, 15) is 5.11 Å². The second kappa shape index (κ2) is 4.60. The molecular formula is C11H20O3. The lowest BCUT2D eigenvalue weighted by Gasteiger charge is -2.31. The fourth-order valence-electron chi connectivity index (χ4n) is 2.44. The van der Waals surface area contributed by atoms with Gasteiger partial charge in [0.25, 0.3) is 0 Å². The number of hydrogen-bond acceptors (Lipinski definition) is 3. The van der Waals surface area contributed by atoms with Crippen molar-refractivity contribution in [3.8, 4) is 0 Å². The van der Waals surface area contributed by atoms with Gasteiger partial charge in [-0.2, -0.15) is 0 Å². The number of fused-ring (bicyclic) bond motifs is 1. The van der Waals surface area contributed by atoms with Crippen LogP contribution in [0.25, 0.3) is 0 Å². The van der Waals surface area contributed by atoms with E-state index in [-0.39, 0.29) is 24.4 Å². The quantitative estimate of drug-likeness (QED) is 0.697. The van der Waals surface area contributed by atoms with E-state index < -0.39 is 0 Å². The van der Waals surface area contributed by atoms with Gasteiger partial charge in [-0.25, -0.2) is 0 Å². The molecule has 2 saturated heterocycles. The molecule has 0 radical (unpaired) electrons. The average molecular weight is 200 g/mol. The van der Waals surface area contributed by atoms with E-state index in [1.165, 1.54) is 0 Å². The van der Waals surface area contributed by atoms with Crippen LogP contribution in [0.2, 0.25) is 0 Å². The van der Waals surface area contributed by atoms with Crippen LogP contribution in [0.15, 0.2) is 0 Å². The monoisotopic (exact) mass is 200 g/mol. The second-order valence-electron chi connectivity index (χ2n) is 4.32. The molecule has 0 spiro atoms. The summed E-state index contributed by atoms with van der Waals surface area (Å²) in [5.74, 6) is 0. The standard InChI is InChI=1S/C11H20O3/c1-2-9-8(12)5-6-10-11(14-9)4-3-7-13-10/h8-12H,2-7H2,1H3/t8-,9+,10-,11+/m0/s1. The SMILES string of the molecule is CC[C@H]1O[C@@H]2CCCO[C@H]2CC[C@@H]1O. The Balaban J connectivity index is 2.00. The van der Waals surface area contributed by atoms with Gasteiger partial charge >= 0.3 is 0 Å². The van der Waals surface area contributed by atoms with E-state index in [0.29, 0.717) is 0 Å². The summed E-state index contributed by atoms with van der Waals surface area (Å²) in [6.45, 7) is 2.93. The number of ether oxygens (including phenoxy) is 2. The van der Waals surface area contributed by atoms with Gasteiger partial charge in [-0.05, 0) is 32.1 Å². The third-order valence-electron chi connectivity index (χ3n) is 3.31. The van der Waals surface area contributed by atoms with Gasteiger partial charge in [-0.3, -0.25) is 0 Å². The molecule has 0 unspecified atom stereocenters. The van der Waals surface area contributed by atoms with Crippen molar-refractivity contribution in [1.29, 1.82) is 0 Å². The molecule has 14 heavy (non-hydrogen) atoms. The van der Waals surface area contributed by atoms with Crippen LogP contribution in [0.3, 0.4) is 0 Å². The average Bonchev–Trinajstić information content (AvgIpc) is 2.38. The maximum atomic E-state index is 9.82. The van der Waals surface area contributed by atoms with Gasteiger partial charge in [0.2, 0.25) is 0 Å². The summed E-state index contributed by atoms with van der Waals surface area (Å²) in [7, 11) is 0. The van der Waals surface area contributed by atoms with Crippen LogP contribution in [-0.4, -0.2) is 36.1 Å². The van der Waals surface area contributed by atoms with Gasteiger partial charge in [-0.15, -0.1) is 0 Å². The fraction of sp³-hybridized carbons (Fsp3) is 1.00. The van der Waals surface area contributed by atoms with Crippen molar-refractivity contribution in [2.75, 3.05) is 6.61 Å². The highest BCUT2D eigenvalue weighted by molar-refractivity contribution is 4.83. The van der Waals surface area contributed by atoms with Crippen LogP contribution in [-0.2, 0) is 9.47 Å². The van der Waals surface area contributed by atoms with E-state index in [0.717, 1.165) is 38.7 Å². The summed E-state index contributed by atoms with van der Waals surface area (Å²) in [5.41, 5.74) is 0. The lowest BCUT2D eigenvalue weighted by molar-refractivity contribution is -0.133. The molecule has 0 amide bonds. The molecule has 4 atom stereocenters. The van der Waals surface area contributed by atoms with Gasteiger partial charge in [0.1, 0.15) is 0 Å². The minimum absolute atomic E-state index is 0.0201. The molecule has 0 aromatic heterocycles. The predicted octanol–water partition coefficient (Wildman–Crippen LogP) is 1.48. The first-order valence-electron chi connectivity index (χ1n) is 5.76. The molecule has 0 aliphatic carbocycles. The van der Waals surface area contributed by atoms with Crippen LogP contribution in [0.1, 0.15) is 39.0 Å². The third-order valence-corrected chi connectivity index (χ3v) is 3.31. The molecule has 2 aliphatic heterocycles. The molecule has 0 aromatic carbocycles. The number of rotatable bonds is 1. The molecule has 82 valence electrons. The van der Waals surface area contributed by atoms with Crippen molar-refractivity contribution in [2.24, 2.45) is 0 Å². The zero-order valence-electron chi connectivity index (χ0n) is 8.82. The summed E-state index contributed by atoms with van der Waals surface area (Å²) in [4.78, 5) is 0. The Morgan fingerprint density at radius 2 is 2.07 bits per heavy atom. The van der Waals surface area contributed by atoms with Crippen molar-refractivity contribution in [1.82, 2.24) is 0 Å². The smallest absolute Gasteiger partial charge is 0.0842 e. The highest BCUT2D eigenvalue weighted by Crippen LogP contribution is 2.28. The van der Waals surface area contributed by atoms with Crippen molar-refractivity contribution in [3.05, 3.63) is 0 Å². The van der Waals surface area contributed by atoms with Crippen molar-refractivity contribution < 1.29 is 14.6 Å². The Kier molecular flexibility index (Phi) is 3.42. The third kappa shape index (κ3) is 2.10. The Bertz CT molecular complexity index is 183. The van der Waals surface area contributed by atoms with E-state index in [1.54, 1.807) is 0 Å². The normalized spacial score (nSPS) is 44.1. The van der Waals surface area contributed by atoms with Crippen molar-refractivity contribution in [3.63, 3.8) is 0 Å². The Morgan fingerprint density at radius 1 is 1.21 bits per heavy atom. The van der Waals surface area contributed by atoms with E-state index in [4.69, 9.17) is 9.47 Å². The molecule has 0 saturated carbocycles. The molecule has 0 aromatic rings. The summed E-state index contributed by atoms with van der Waals surface area (Å²) in [6.07, 6.45) is 5.02. The lowest BCUT2D eigenvalue weighted by Crippen LogP contribution is -2.37. The minimum Gasteiger partial charge on any atom is -0.390 e. The molecule has 2 fully saturated rings. The number of aliphatic hydroxyl groups is 1. The van der Waals surface area contributed by atoms with Crippen LogP contribution < -0.4 is 0 Å². The molecule has 1 N–H and O–H groups in total. The lowest BCUT2D eigenvalue weighted by atomic mass is 10.0. The van der Waals surface area contributed by atoms with Gasteiger partial charge in [0.15, 0.2) is 0 Å². The van der Waals surface area contributed by atoms with E-state index in [1.807, 2.05) is 0 Å². The first-order valence-corrected chi connectivity index (χ1v) is 5.76. The zero-order valence-corrected chi connectivity index (χ0v) is 8.82. The fourth-order valence-corrected chi connectivity index (χ4v) is 2.44. The molecule has 3 nitrogen and oxygen atoms in total. The van der Waals surface area contributed by atoms with Crippen LogP contribution >= 0.6 is 0 Å². The largest absolute Gasteiger partial charge is 0.390 e. The molecule has 0 bridgehead atoms. The van der Waals surface area contributed by atoms with Gasteiger partial charge in [0.05, 0.1) is 24.4 Å². The summed E-state index contributed by atoms with van der Waals surface area (Å²) >= 11 is 0. The summed E-state index contributed by atoms with van der Waals surface area (Å²) in [6, 6.07) is 0. The molecule has 2 aliphatic rings. The van der Waals surface area contributed by atoms with Gasteiger partial charge in [0, 0.05) is 6.61 Å². The Hall–Kier alpha value is -0.120. The predicted molar refractivity (Wildman–Crippen MR) is 53.2 cm³/mol. The molecular weight excluding hydrogens is 180 g/mol. The van der Waals surface area contributed by atoms with E-state index in [2.05, 4.69) is 6.92 Å². The van der Waals surface area contributed by atoms with Crippen LogP contribution in [0.4, 0.5) is 0 Å². The Labute approximate surface area is 85.4 Å². The van der Waals surface area contributed by atoms with E-state index >= 15 is 0 Å². The first-order chi connectivity index (χ1) is 6.81. The Morgan fingerprint density at radius 3 is 2.86 bits per heavy atom. The zero-order chi connectivity index (χ0) is 9.97.